The lowest BCUT2D eigenvalue weighted by molar-refractivity contribution is -0.193. The Labute approximate surface area is 84.5 Å². The molecule has 0 aliphatic heterocycles. The number of aliphatic carboxylic acids is 1. The molecule has 2 N–H and O–H groups in total. The molecule has 15 heavy (non-hydrogen) atoms. The van der Waals surface area contributed by atoms with Crippen LogP contribution in [0.25, 0.3) is 0 Å². The molecule has 0 spiro atoms. The zero-order valence-corrected chi connectivity index (χ0v) is 8.47. The number of hydrogen-bond donors (Lipinski definition) is 2. The fourth-order valence-corrected chi connectivity index (χ4v) is 0.998. The van der Waals surface area contributed by atoms with Crippen molar-refractivity contribution in [2.24, 2.45) is 5.41 Å². The van der Waals surface area contributed by atoms with E-state index in [1.165, 1.54) is 0 Å². The monoisotopic (exact) mass is 227 g/mol. The van der Waals surface area contributed by atoms with Crippen LogP contribution in [0.15, 0.2) is 0 Å². The van der Waals surface area contributed by atoms with Crippen molar-refractivity contribution in [2.75, 3.05) is 0 Å². The van der Waals surface area contributed by atoms with E-state index in [0.29, 0.717) is 0 Å². The average molecular weight is 227 g/mol. The molecule has 4 nitrogen and oxygen atoms in total. The van der Waals surface area contributed by atoms with Crippen LogP contribution in [0, 0.1) is 5.41 Å². The van der Waals surface area contributed by atoms with Crippen molar-refractivity contribution < 1.29 is 27.9 Å². The molecule has 7 heteroatoms. The fourth-order valence-electron chi connectivity index (χ4n) is 0.998. The fraction of sp³-hybridized carbons (Fsp3) is 0.750. The van der Waals surface area contributed by atoms with Crippen LogP contribution < -0.4 is 5.32 Å². The van der Waals surface area contributed by atoms with Crippen LogP contribution in [0.3, 0.4) is 0 Å². The van der Waals surface area contributed by atoms with Gasteiger partial charge in [-0.2, -0.15) is 13.2 Å². The van der Waals surface area contributed by atoms with Gasteiger partial charge in [-0.25, -0.2) is 0 Å². The van der Waals surface area contributed by atoms with E-state index in [-0.39, 0.29) is 0 Å². The summed E-state index contributed by atoms with van der Waals surface area (Å²) in [5.41, 5.74) is -2.11. The lowest BCUT2D eigenvalue weighted by Crippen LogP contribution is -2.56. The van der Waals surface area contributed by atoms with Gasteiger partial charge in [-0.3, -0.25) is 9.59 Å². The second kappa shape index (κ2) is 4.08. The zero-order valence-electron chi connectivity index (χ0n) is 8.47. The van der Waals surface area contributed by atoms with Gasteiger partial charge >= 0.3 is 12.1 Å². The normalized spacial score (nSPS) is 14.5. The van der Waals surface area contributed by atoms with E-state index in [9.17, 15) is 22.8 Å². The van der Waals surface area contributed by atoms with Crippen LogP contribution in [0.2, 0.25) is 0 Å². The maximum atomic E-state index is 12.5. The second-order valence-electron chi connectivity index (χ2n) is 3.70. The average Bonchev–Trinajstić information content (AvgIpc) is 1.97. The van der Waals surface area contributed by atoms with Crippen LogP contribution in [0.4, 0.5) is 13.2 Å². The number of carboxylic acids is 1. The minimum atomic E-state index is -4.80. The molecule has 0 aromatic heterocycles. The summed E-state index contributed by atoms with van der Waals surface area (Å²) in [6.45, 7) is 2.71. The summed E-state index contributed by atoms with van der Waals surface area (Å²) in [7, 11) is 0. The highest BCUT2D eigenvalue weighted by Gasteiger charge is 2.53. The third-order valence-electron chi connectivity index (χ3n) is 1.95. The summed E-state index contributed by atoms with van der Waals surface area (Å²) in [6, 6.07) is -2.40. The second-order valence-corrected chi connectivity index (χ2v) is 3.70. The van der Waals surface area contributed by atoms with Crippen molar-refractivity contribution in [3.05, 3.63) is 0 Å². The summed E-state index contributed by atoms with van der Waals surface area (Å²) in [5, 5.41) is 10.2. The van der Waals surface area contributed by atoms with E-state index in [1.807, 2.05) is 0 Å². The van der Waals surface area contributed by atoms with Gasteiger partial charge in [-0.15, -0.1) is 0 Å². The number of carboxylic acid groups (broad SMARTS) is 1. The first-order valence-corrected chi connectivity index (χ1v) is 4.06. The quantitative estimate of drug-likeness (QED) is 0.760. The highest BCUT2D eigenvalue weighted by atomic mass is 19.4. The molecule has 1 amide bonds. The first kappa shape index (κ1) is 13.7. The van der Waals surface area contributed by atoms with E-state index < -0.39 is 29.5 Å². The Morgan fingerprint density at radius 3 is 1.87 bits per heavy atom. The first-order valence-electron chi connectivity index (χ1n) is 4.06. The van der Waals surface area contributed by atoms with E-state index >= 15 is 0 Å². The van der Waals surface area contributed by atoms with Crippen molar-refractivity contribution in [3.8, 4) is 0 Å². The number of hydrogen-bond acceptors (Lipinski definition) is 2. The first-order chi connectivity index (χ1) is 6.49. The van der Waals surface area contributed by atoms with Gasteiger partial charge in [0.1, 0.15) is 6.04 Å². The van der Waals surface area contributed by atoms with Crippen LogP contribution in [0.1, 0.15) is 20.8 Å². The van der Waals surface area contributed by atoms with Crippen molar-refractivity contribution in [3.63, 3.8) is 0 Å². The molecule has 0 bridgehead atoms. The maximum absolute atomic E-state index is 12.5. The molecule has 0 unspecified atom stereocenters. The van der Waals surface area contributed by atoms with Crippen LogP contribution in [-0.2, 0) is 9.59 Å². The molecule has 0 saturated heterocycles. The molecule has 0 aliphatic carbocycles. The molecule has 0 saturated carbocycles. The van der Waals surface area contributed by atoms with Gasteiger partial charge in [-0.1, -0.05) is 0 Å². The summed E-state index contributed by atoms with van der Waals surface area (Å²) in [5.74, 6) is -2.55. The van der Waals surface area contributed by atoms with Gasteiger partial charge in [0.25, 0.3) is 0 Å². The van der Waals surface area contributed by atoms with Gasteiger partial charge in [0.15, 0.2) is 0 Å². The van der Waals surface area contributed by atoms with Gasteiger partial charge in [-0.05, 0) is 13.8 Å². The van der Waals surface area contributed by atoms with Crippen LogP contribution >= 0.6 is 0 Å². The largest absolute Gasteiger partial charge is 0.481 e. The standard InChI is InChI=1S/C8H12F3NO3/c1-4(13)12-5(8(9,10)11)7(2,3)6(14)15/h5H,1-3H3,(H,12,13)(H,14,15)/t5-/m1/s1. The Balaban J connectivity index is 5.11. The van der Waals surface area contributed by atoms with Crippen molar-refractivity contribution in [1.29, 1.82) is 0 Å². The highest BCUT2D eigenvalue weighted by molar-refractivity contribution is 5.78. The third-order valence-corrected chi connectivity index (χ3v) is 1.95. The summed E-state index contributed by atoms with van der Waals surface area (Å²) >= 11 is 0. The molecule has 0 aliphatic rings. The lowest BCUT2D eigenvalue weighted by atomic mass is 9.84. The molecule has 0 rings (SSSR count). The Bertz CT molecular complexity index is 273. The molecule has 0 heterocycles. The Hall–Kier alpha value is -1.27. The molecular formula is C8H12F3NO3. The maximum Gasteiger partial charge on any atom is 0.409 e. The van der Waals surface area contributed by atoms with E-state index in [2.05, 4.69) is 0 Å². The molecule has 0 fully saturated rings. The van der Waals surface area contributed by atoms with Gasteiger partial charge in [0.05, 0.1) is 5.41 Å². The number of carbonyl (C=O) groups is 2. The van der Waals surface area contributed by atoms with Crippen molar-refractivity contribution in [1.82, 2.24) is 5.32 Å². The minimum absolute atomic E-state index is 0.899. The zero-order chi connectivity index (χ0) is 12.4. The van der Waals surface area contributed by atoms with E-state index in [4.69, 9.17) is 5.11 Å². The predicted octanol–water partition coefficient (Wildman–Crippen LogP) is 1.16. The Morgan fingerprint density at radius 2 is 1.67 bits per heavy atom. The number of amides is 1. The number of alkyl halides is 3. The molecule has 0 aromatic carbocycles. The van der Waals surface area contributed by atoms with Crippen LogP contribution in [0.5, 0.6) is 0 Å². The van der Waals surface area contributed by atoms with E-state index in [1.54, 1.807) is 5.32 Å². The number of nitrogens with one attached hydrogen (secondary N) is 1. The number of carbonyl (C=O) groups excluding carboxylic acids is 1. The summed E-state index contributed by atoms with van der Waals surface area (Å²) < 4.78 is 37.4. The summed E-state index contributed by atoms with van der Waals surface area (Å²) in [4.78, 5) is 21.2. The Morgan fingerprint density at radius 1 is 1.27 bits per heavy atom. The summed E-state index contributed by atoms with van der Waals surface area (Å²) in [6.07, 6.45) is -4.80. The number of halogens is 3. The lowest BCUT2D eigenvalue weighted by Gasteiger charge is -2.32. The molecule has 88 valence electrons. The molecular weight excluding hydrogens is 215 g/mol. The smallest absolute Gasteiger partial charge is 0.409 e. The highest BCUT2D eigenvalue weighted by Crippen LogP contribution is 2.33. The third kappa shape index (κ3) is 3.41. The minimum Gasteiger partial charge on any atom is -0.481 e. The number of rotatable bonds is 3. The Kier molecular flexibility index (Phi) is 3.73. The van der Waals surface area contributed by atoms with Crippen LogP contribution in [-0.4, -0.2) is 29.2 Å². The predicted molar refractivity (Wildman–Crippen MR) is 45.1 cm³/mol. The van der Waals surface area contributed by atoms with Gasteiger partial charge in [0, 0.05) is 6.92 Å². The van der Waals surface area contributed by atoms with Gasteiger partial charge in [0.2, 0.25) is 5.91 Å². The topological polar surface area (TPSA) is 66.4 Å². The van der Waals surface area contributed by atoms with Gasteiger partial charge < -0.3 is 10.4 Å². The van der Waals surface area contributed by atoms with E-state index in [0.717, 1.165) is 20.8 Å². The van der Waals surface area contributed by atoms with Crippen molar-refractivity contribution in [2.45, 2.75) is 33.0 Å². The van der Waals surface area contributed by atoms with Crippen molar-refractivity contribution >= 4 is 11.9 Å². The molecule has 0 radical (unpaired) electrons. The molecule has 0 aromatic rings. The SMILES string of the molecule is CC(=O)N[C@@H](C(F)(F)F)C(C)(C)C(=O)O. The molecule has 1 atom stereocenters.